The van der Waals surface area contributed by atoms with Crippen LogP contribution < -0.4 is 10.6 Å². The Morgan fingerprint density at radius 1 is 1.15 bits per heavy atom. The second-order valence-electron chi connectivity index (χ2n) is 5.42. The molecule has 0 amide bonds. The van der Waals surface area contributed by atoms with Crippen LogP contribution in [0.3, 0.4) is 0 Å². The highest BCUT2D eigenvalue weighted by Gasteiger charge is 2.03. The first-order valence-electron chi connectivity index (χ1n) is 7.56. The number of hydrogen-bond acceptors (Lipinski definition) is 5. The highest BCUT2D eigenvalue weighted by Crippen LogP contribution is 2.11. The molecule has 114 valence electrons. The molecule has 1 heterocycles. The molecule has 0 atom stereocenters. The summed E-state index contributed by atoms with van der Waals surface area (Å²) < 4.78 is 0. The average Bonchev–Trinajstić information content (AvgIpc) is 2.37. The lowest BCUT2D eigenvalue weighted by Gasteiger charge is -2.20. The molecule has 0 saturated carbocycles. The van der Waals surface area contributed by atoms with Crippen LogP contribution in [0.4, 0.5) is 11.6 Å². The van der Waals surface area contributed by atoms with Gasteiger partial charge in [-0.1, -0.05) is 0 Å². The molecular formula is C15H29N5. The zero-order chi connectivity index (χ0) is 15.0. The monoisotopic (exact) mass is 279 g/mol. The minimum Gasteiger partial charge on any atom is -0.370 e. The Labute approximate surface area is 123 Å². The maximum Gasteiger partial charge on any atom is 0.131 e. The molecule has 0 radical (unpaired) electrons. The van der Waals surface area contributed by atoms with Crippen molar-refractivity contribution >= 4 is 11.6 Å². The fourth-order valence-corrected chi connectivity index (χ4v) is 1.89. The highest BCUT2D eigenvalue weighted by atomic mass is 15.1. The smallest absolute Gasteiger partial charge is 0.131 e. The van der Waals surface area contributed by atoms with Crippen LogP contribution in [0.2, 0.25) is 0 Å². The Morgan fingerprint density at radius 2 is 1.80 bits per heavy atom. The maximum absolute atomic E-state index is 4.40. The van der Waals surface area contributed by atoms with Crippen molar-refractivity contribution < 1.29 is 0 Å². The molecule has 0 spiro atoms. The van der Waals surface area contributed by atoms with Gasteiger partial charge in [-0.3, -0.25) is 0 Å². The third kappa shape index (κ3) is 6.19. The number of nitrogens with one attached hydrogen (secondary N) is 2. The van der Waals surface area contributed by atoms with Gasteiger partial charge in [0.15, 0.2) is 0 Å². The maximum atomic E-state index is 4.40. The molecular weight excluding hydrogens is 250 g/mol. The van der Waals surface area contributed by atoms with Gasteiger partial charge >= 0.3 is 0 Å². The van der Waals surface area contributed by atoms with Crippen molar-refractivity contribution in [3.8, 4) is 0 Å². The summed E-state index contributed by atoms with van der Waals surface area (Å²) in [7, 11) is 2.18. The van der Waals surface area contributed by atoms with Gasteiger partial charge in [0.05, 0.1) is 0 Å². The second-order valence-corrected chi connectivity index (χ2v) is 5.42. The second kappa shape index (κ2) is 8.74. The van der Waals surface area contributed by atoms with E-state index in [-0.39, 0.29) is 0 Å². The van der Waals surface area contributed by atoms with E-state index in [2.05, 4.69) is 53.3 Å². The van der Waals surface area contributed by atoms with E-state index in [0.29, 0.717) is 6.04 Å². The van der Waals surface area contributed by atoms with Gasteiger partial charge in [0.1, 0.15) is 17.5 Å². The Balaban J connectivity index is 2.31. The van der Waals surface area contributed by atoms with Crippen LogP contribution in [-0.4, -0.2) is 47.6 Å². The molecule has 1 rings (SSSR count). The van der Waals surface area contributed by atoms with Gasteiger partial charge in [-0.15, -0.1) is 0 Å². The Bertz CT molecular complexity index is 392. The van der Waals surface area contributed by atoms with Crippen LogP contribution >= 0.6 is 0 Å². The molecule has 20 heavy (non-hydrogen) atoms. The summed E-state index contributed by atoms with van der Waals surface area (Å²) in [5.41, 5.74) is 0. The first kappa shape index (κ1) is 16.7. The van der Waals surface area contributed by atoms with E-state index in [1.165, 1.54) is 6.42 Å². The van der Waals surface area contributed by atoms with Gasteiger partial charge in [0.2, 0.25) is 0 Å². The van der Waals surface area contributed by atoms with Crippen molar-refractivity contribution in [3.05, 3.63) is 11.9 Å². The molecule has 0 aliphatic carbocycles. The zero-order valence-electron chi connectivity index (χ0n) is 13.5. The predicted octanol–water partition coefficient (Wildman–Crippen LogP) is 2.75. The van der Waals surface area contributed by atoms with Crippen molar-refractivity contribution in [2.75, 3.05) is 37.3 Å². The molecule has 1 aromatic rings. The number of unbranched alkanes of at least 4 members (excludes halogenated alkanes) is 1. The molecule has 0 bridgehead atoms. The summed E-state index contributed by atoms with van der Waals surface area (Å²) in [6, 6.07) is 2.59. The summed E-state index contributed by atoms with van der Waals surface area (Å²) in [6.45, 7) is 11.4. The first-order valence-corrected chi connectivity index (χ1v) is 7.56. The summed E-state index contributed by atoms with van der Waals surface area (Å²) in [5.74, 6) is 2.60. The van der Waals surface area contributed by atoms with Crippen LogP contribution in [0, 0.1) is 6.92 Å². The Morgan fingerprint density at radius 3 is 2.40 bits per heavy atom. The van der Waals surface area contributed by atoms with Gasteiger partial charge in [-0.05, 0) is 54.1 Å². The topological polar surface area (TPSA) is 53.1 Å². The quantitative estimate of drug-likeness (QED) is 0.681. The third-order valence-electron chi connectivity index (χ3n) is 3.32. The lowest BCUT2D eigenvalue weighted by Crippen LogP contribution is -2.27. The standard InChI is InChI=1S/C15H29N5/c1-6-16-14-11-15(19-13(4)18-14)17-9-7-8-10-20(5)12(2)3/h11-12H,6-10H2,1-5H3,(H2,16,17,18,19). The largest absolute Gasteiger partial charge is 0.370 e. The van der Waals surface area contributed by atoms with Crippen molar-refractivity contribution in [2.45, 2.75) is 46.6 Å². The fraction of sp³-hybridized carbons (Fsp3) is 0.733. The van der Waals surface area contributed by atoms with E-state index in [9.17, 15) is 0 Å². The minimum atomic E-state index is 0.621. The Kier molecular flexibility index (Phi) is 7.30. The van der Waals surface area contributed by atoms with Crippen molar-refractivity contribution in [3.63, 3.8) is 0 Å². The summed E-state index contributed by atoms with van der Waals surface area (Å²) in [6.07, 6.45) is 2.35. The van der Waals surface area contributed by atoms with Gasteiger partial charge in [-0.25, -0.2) is 9.97 Å². The lowest BCUT2D eigenvalue weighted by molar-refractivity contribution is 0.269. The minimum absolute atomic E-state index is 0.621. The number of anilines is 2. The molecule has 0 unspecified atom stereocenters. The predicted molar refractivity (Wildman–Crippen MR) is 86.4 cm³/mol. The van der Waals surface area contributed by atoms with E-state index >= 15 is 0 Å². The van der Waals surface area contributed by atoms with Crippen LogP contribution in [0.15, 0.2) is 6.07 Å². The first-order chi connectivity index (χ1) is 9.52. The van der Waals surface area contributed by atoms with E-state index in [0.717, 1.165) is 43.5 Å². The van der Waals surface area contributed by atoms with Crippen LogP contribution in [0.25, 0.3) is 0 Å². The zero-order valence-corrected chi connectivity index (χ0v) is 13.5. The molecule has 1 aromatic heterocycles. The molecule has 0 saturated heterocycles. The molecule has 5 heteroatoms. The number of rotatable bonds is 9. The van der Waals surface area contributed by atoms with Crippen LogP contribution in [0.5, 0.6) is 0 Å². The van der Waals surface area contributed by atoms with Crippen molar-refractivity contribution in [2.24, 2.45) is 0 Å². The molecule has 0 aromatic carbocycles. The van der Waals surface area contributed by atoms with Crippen LogP contribution in [0.1, 0.15) is 39.4 Å². The normalized spacial score (nSPS) is 11.2. The van der Waals surface area contributed by atoms with Gasteiger partial charge in [0, 0.05) is 25.2 Å². The molecule has 2 N–H and O–H groups in total. The number of hydrogen-bond donors (Lipinski definition) is 2. The van der Waals surface area contributed by atoms with Crippen molar-refractivity contribution in [1.82, 2.24) is 14.9 Å². The summed E-state index contributed by atoms with van der Waals surface area (Å²) in [4.78, 5) is 11.1. The van der Waals surface area contributed by atoms with E-state index in [4.69, 9.17) is 0 Å². The van der Waals surface area contributed by atoms with E-state index < -0.39 is 0 Å². The molecule has 5 nitrogen and oxygen atoms in total. The van der Waals surface area contributed by atoms with E-state index in [1.807, 2.05) is 13.0 Å². The van der Waals surface area contributed by atoms with Crippen LogP contribution in [-0.2, 0) is 0 Å². The lowest BCUT2D eigenvalue weighted by atomic mass is 10.2. The van der Waals surface area contributed by atoms with Gasteiger partial charge in [-0.2, -0.15) is 0 Å². The number of aromatic nitrogens is 2. The number of aryl methyl sites for hydroxylation is 1. The number of nitrogens with zero attached hydrogens (tertiary/aromatic N) is 3. The fourth-order valence-electron chi connectivity index (χ4n) is 1.89. The van der Waals surface area contributed by atoms with Gasteiger partial charge < -0.3 is 15.5 Å². The van der Waals surface area contributed by atoms with E-state index in [1.54, 1.807) is 0 Å². The average molecular weight is 279 g/mol. The highest BCUT2D eigenvalue weighted by molar-refractivity contribution is 5.47. The molecule has 0 fully saturated rings. The third-order valence-corrected chi connectivity index (χ3v) is 3.32. The SMILES string of the molecule is CCNc1cc(NCCCCN(C)C(C)C)nc(C)n1. The summed E-state index contributed by atoms with van der Waals surface area (Å²) in [5, 5.41) is 6.60. The summed E-state index contributed by atoms with van der Waals surface area (Å²) >= 11 is 0. The molecule has 0 aliphatic heterocycles. The Hall–Kier alpha value is -1.36. The molecule has 0 aliphatic rings. The van der Waals surface area contributed by atoms with Crippen molar-refractivity contribution in [1.29, 1.82) is 0 Å². The van der Waals surface area contributed by atoms with Gasteiger partial charge in [0.25, 0.3) is 0 Å².